The third kappa shape index (κ3) is 2.26. The highest BCUT2D eigenvalue weighted by molar-refractivity contribution is 7.09. The predicted octanol–water partition coefficient (Wildman–Crippen LogP) is 2.36. The Kier molecular flexibility index (Phi) is 3.43. The van der Waals surface area contributed by atoms with E-state index in [1.165, 1.54) is 0 Å². The molecule has 0 amide bonds. The molecule has 1 aromatic carbocycles. The van der Waals surface area contributed by atoms with Gasteiger partial charge in [-0.3, -0.25) is 9.78 Å². The molecule has 96 valence electrons. The van der Waals surface area contributed by atoms with Crippen LogP contribution in [0.5, 0.6) is 11.6 Å². The third-order valence-corrected chi connectivity index (χ3v) is 3.99. The quantitative estimate of drug-likeness (QED) is 0.895. The zero-order chi connectivity index (χ0) is 13.3. The highest BCUT2D eigenvalue weighted by atomic mass is 32.1. The van der Waals surface area contributed by atoms with E-state index in [-0.39, 0.29) is 10.8 Å². The summed E-state index contributed by atoms with van der Waals surface area (Å²) in [5, 5.41) is 9.58. The molecule has 2 N–H and O–H groups in total. The largest absolute Gasteiger partial charge is 0.496 e. The van der Waals surface area contributed by atoms with E-state index in [0.717, 1.165) is 33.8 Å². The van der Waals surface area contributed by atoms with E-state index in [4.69, 9.17) is 4.74 Å². The highest BCUT2D eigenvalue weighted by Gasteiger charge is 2.11. The third-order valence-electron chi connectivity index (χ3n) is 3.12. The number of rotatable bonds is 3. The lowest BCUT2D eigenvalue weighted by Crippen LogP contribution is -1.96. The highest BCUT2D eigenvalue weighted by Crippen LogP contribution is 2.27. The van der Waals surface area contributed by atoms with Gasteiger partial charge in [-0.15, -0.1) is 0 Å². The lowest BCUT2D eigenvalue weighted by molar-refractivity contribution is 0.411. The van der Waals surface area contributed by atoms with E-state index < -0.39 is 0 Å². The Labute approximate surface area is 109 Å². The molecule has 0 aliphatic heterocycles. The summed E-state index contributed by atoms with van der Waals surface area (Å²) in [6.45, 7) is 4.01. The fraction of sp³-hybridized carbons (Fsp3) is 0.308. The Morgan fingerprint density at radius 2 is 2.06 bits per heavy atom. The fourth-order valence-electron chi connectivity index (χ4n) is 1.91. The summed E-state index contributed by atoms with van der Waals surface area (Å²) < 4.78 is 5.26. The molecular weight excluding hydrogens is 250 g/mol. The van der Waals surface area contributed by atoms with Gasteiger partial charge in [0, 0.05) is 6.42 Å². The Hall–Kier alpha value is -1.75. The minimum absolute atomic E-state index is 0.0297. The maximum absolute atomic E-state index is 11.1. The summed E-state index contributed by atoms with van der Waals surface area (Å²) in [6, 6.07) is 3.87. The van der Waals surface area contributed by atoms with E-state index in [2.05, 4.69) is 4.98 Å². The van der Waals surface area contributed by atoms with Crippen molar-refractivity contribution in [3.63, 3.8) is 0 Å². The van der Waals surface area contributed by atoms with Gasteiger partial charge in [0.25, 0.3) is 0 Å². The Bertz CT molecular complexity index is 628. The fourth-order valence-corrected chi connectivity index (χ4v) is 2.66. The summed E-state index contributed by atoms with van der Waals surface area (Å²) in [4.78, 5) is 13.9. The van der Waals surface area contributed by atoms with Crippen LogP contribution in [0.4, 0.5) is 0 Å². The first-order valence-corrected chi connectivity index (χ1v) is 6.38. The van der Waals surface area contributed by atoms with Crippen molar-refractivity contribution in [1.29, 1.82) is 0 Å². The van der Waals surface area contributed by atoms with E-state index in [9.17, 15) is 9.90 Å². The van der Waals surface area contributed by atoms with Crippen molar-refractivity contribution in [3.05, 3.63) is 43.4 Å². The molecular formula is C13H15NO3S. The summed E-state index contributed by atoms with van der Waals surface area (Å²) in [7, 11) is 1.64. The van der Waals surface area contributed by atoms with Crippen molar-refractivity contribution in [1.82, 2.24) is 4.98 Å². The van der Waals surface area contributed by atoms with Gasteiger partial charge >= 0.3 is 4.87 Å². The molecule has 0 aliphatic rings. The van der Waals surface area contributed by atoms with Crippen LogP contribution in [0.25, 0.3) is 0 Å². The molecule has 0 atom stereocenters. The standard InChI is InChI=1S/C13H15NO3S/c1-7-8(2)10(17-3)5-4-9(7)6-11-12(15)14-13(16)18-11/h4-5,15H,6H2,1-3H3,(H,14,16). The second-order valence-electron chi connectivity index (χ2n) is 4.14. The number of H-pyrrole nitrogens is 1. The molecule has 0 aliphatic carbocycles. The Morgan fingerprint density at radius 3 is 2.61 bits per heavy atom. The summed E-state index contributed by atoms with van der Waals surface area (Å²) >= 11 is 1.04. The van der Waals surface area contributed by atoms with Crippen LogP contribution in [0.15, 0.2) is 16.9 Å². The van der Waals surface area contributed by atoms with Crippen LogP contribution in [0.3, 0.4) is 0 Å². The number of aromatic hydroxyl groups is 1. The minimum Gasteiger partial charge on any atom is -0.496 e. The van der Waals surface area contributed by atoms with Crippen molar-refractivity contribution in [3.8, 4) is 11.6 Å². The summed E-state index contributed by atoms with van der Waals surface area (Å²) in [5.41, 5.74) is 3.28. The van der Waals surface area contributed by atoms with Crippen molar-refractivity contribution in [2.24, 2.45) is 0 Å². The number of thiazole rings is 1. The first-order valence-electron chi connectivity index (χ1n) is 5.57. The molecule has 1 heterocycles. The lowest BCUT2D eigenvalue weighted by Gasteiger charge is -2.11. The molecule has 2 rings (SSSR count). The smallest absolute Gasteiger partial charge is 0.307 e. The number of hydrogen-bond acceptors (Lipinski definition) is 4. The maximum atomic E-state index is 11.1. The molecule has 0 saturated carbocycles. The molecule has 0 spiro atoms. The second-order valence-corrected chi connectivity index (χ2v) is 5.21. The maximum Gasteiger partial charge on any atom is 0.307 e. The summed E-state index contributed by atoms with van der Waals surface area (Å²) in [6.07, 6.45) is 0.548. The molecule has 4 nitrogen and oxygen atoms in total. The molecule has 18 heavy (non-hydrogen) atoms. The van der Waals surface area contributed by atoms with E-state index in [0.29, 0.717) is 11.3 Å². The monoisotopic (exact) mass is 265 g/mol. The SMILES string of the molecule is COc1ccc(Cc2sc(=O)[nH]c2O)c(C)c1C. The van der Waals surface area contributed by atoms with Crippen LogP contribution in [0.1, 0.15) is 21.6 Å². The normalized spacial score (nSPS) is 10.6. The van der Waals surface area contributed by atoms with Crippen molar-refractivity contribution >= 4 is 11.3 Å². The number of hydrogen-bond donors (Lipinski definition) is 2. The van der Waals surface area contributed by atoms with E-state index >= 15 is 0 Å². The minimum atomic E-state index is -0.231. The molecule has 0 fully saturated rings. The molecule has 5 heteroatoms. The number of benzene rings is 1. The first-order chi connectivity index (χ1) is 8.52. The molecule has 0 radical (unpaired) electrons. The number of aromatic amines is 1. The predicted molar refractivity (Wildman–Crippen MR) is 71.9 cm³/mol. The van der Waals surface area contributed by atoms with Gasteiger partial charge < -0.3 is 9.84 Å². The summed E-state index contributed by atoms with van der Waals surface area (Å²) in [5.74, 6) is 0.820. The average molecular weight is 265 g/mol. The van der Waals surface area contributed by atoms with Crippen molar-refractivity contribution in [2.75, 3.05) is 7.11 Å². The van der Waals surface area contributed by atoms with Gasteiger partial charge in [-0.1, -0.05) is 17.4 Å². The van der Waals surface area contributed by atoms with Gasteiger partial charge in [-0.2, -0.15) is 0 Å². The van der Waals surface area contributed by atoms with Gasteiger partial charge in [0.2, 0.25) is 5.88 Å². The van der Waals surface area contributed by atoms with Crippen LogP contribution in [0, 0.1) is 13.8 Å². The van der Waals surface area contributed by atoms with Crippen LogP contribution < -0.4 is 9.61 Å². The number of methoxy groups -OCH3 is 1. The molecule has 0 saturated heterocycles. The van der Waals surface area contributed by atoms with Crippen LogP contribution in [-0.2, 0) is 6.42 Å². The van der Waals surface area contributed by atoms with Gasteiger partial charge in [-0.25, -0.2) is 0 Å². The first kappa shape index (κ1) is 12.7. The van der Waals surface area contributed by atoms with Gasteiger partial charge in [0.15, 0.2) is 0 Å². The number of aromatic nitrogens is 1. The second kappa shape index (κ2) is 4.86. The van der Waals surface area contributed by atoms with Gasteiger partial charge in [-0.05, 0) is 36.6 Å². The van der Waals surface area contributed by atoms with Gasteiger partial charge in [0.1, 0.15) is 5.75 Å². The lowest BCUT2D eigenvalue weighted by atomic mass is 9.99. The van der Waals surface area contributed by atoms with E-state index in [1.54, 1.807) is 7.11 Å². The molecule has 2 aromatic rings. The number of ether oxygens (including phenoxy) is 1. The van der Waals surface area contributed by atoms with Crippen molar-refractivity contribution in [2.45, 2.75) is 20.3 Å². The zero-order valence-corrected chi connectivity index (χ0v) is 11.4. The average Bonchev–Trinajstić information content (AvgIpc) is 2.64. The Balaban J connectivity index is 2.38. The topological polar surface area (TPSA) is 62.3 Å². The molecule has 0 unspecified atom stereocenters. The number of nitrogens with one attached hydrogen (secondary N) is 1. The van der Waals surface area contributed by atoms with Crippen molar-refractivity contribution < 1.29 is 9.84 Å². The van der Waals surface area contributed by atoms with Gasteiger partial charge in [0.05, 0.1) is 12.0 Å². The Morgan fingerprint density at radius 1 is 1.33 bits per heavy atom. The van der Waals surface area contributed by atoms with E-state index in [1.807, 2.05) is 26.0 Å². The molecule has 1 aromatic heterocycles. The zero-order valence-electron chi connectivity index (χ0n) is 10.5. The van der Waals surface area contributed by atoms with Crippen LogP contribution >= 0.6 is 11.3 Å². The van der Waals surface area contributed by atoms with Crippen LogP contribution in [-0.4, -0.2) is 17.2 Å². The van der Waals surface area contributed by atoms with Crippen LogP contribution in [0.2, 0.25) is 0 Å². The molecule has 0 bridgehead atoms.